The SMILES string of the molecule is Cc1cc(-c2cc3ccc(C)cc3cn2)cc(C(C)(C)C)c1. The van der Waals surface area contributed by atoms with Crippen LogP contribution in [0.1, 0.15) is 37.5 Å². The molecule has 112 valence electrons. The van der Waals surface area contributed by atoms with Gasteiger partial charge in [0.05, 0.1) is 5.69 Å². The second kappa shape index (κ2) is 5.24. The van der Waals surface area contributed by atoms with Crippen LogP contribution in [-0.4, -0.2) is 4.98 Å². The summed E-state index contributed by atoms with van der Waals surface area (Å²) in [5.74, 6) is 0. The molecule has 0 atom stereocenters. The number of aryl methyl sites for hydroxylation is 2. The third-order valence-corrected chi connectivity index (χ3v) is 4.12. The molecule has 1 heterocycles. The maximum Gasteiger partial charge on any atom is 0.0708 e. The Labute approximate surface area is 133 Å². The predicted molar refractivity (Wildman–Crippen MR) is 95.4 cm³/mol. The van der Waals surface area contributed by atoms with Gasteiger partial charge < -0.3 is 0 Å². The Hall–Kier alpha value is -2.15. The number of rotatable bonds is 1. The summed E-state index contributed by atoms with van der Waals surface area (Å²) < 4.78 is 0. The molecular weight excluding hydrogens is 266 g/mol. The van der Waals surface area contributed by atoms with Crippen LogP contribution in [0.2, 0.25) is 0 Å². The van der Waals surface area contributed by atoms with E-state index in [0.717, 1.165) is 5.69 Å². The predicted octanol–water partition coefficient (Wildman–Crippen LogP) is 5.82. The minimum Gasteiger partial charge on any atom is -0.256 e. The molecule has 3 rings (SSSR count). The molecular formula is C21H23N. The average Bonchev–Trinajstić information content (AvgIpc) is 2.45. The molecule has 0 fully saturated rings. The van der Waals surface area contributed by atoms with Crippen LogP contribution in [0.4, 0.5) is 0 Å². The number of nitrogens with zero attached hydrogens (tertiary/aromatic N) is 1. The highest BCUT2D eigenvalue weighted by atomic mass is 14.7. The Morgan fingerprint density at radius 3 is 2.27 bits per heavy atom. The van der Waals surface area contributed by atoms with Crippen LogP contribution in [0.25, 0.3) is 22.0 Å². The van der Waals surface area contributed by atoms with Crippen LogP contribution in [0.15, 0.2) is 48.7 Å². The van der Waals surface area contributed by atoms with Crippen LogP contribution in [0.3, 0.4) is 0 Å². The fourth-order valence-electron chi connectivity index (χ4n) is 2.78. The minimum absolute atomic E-state index is 0.148. The zero-order valence-corrected chi connectivity index (χ0v) is 14.1. The van der Waals surface area contributed by atoms with E-state index in [2.05, 4.69) is 82.1 Å². The molecule has 0 N–H and O–H groups in total. The van der Waals surface area contributed by atoms with Gasteiger partial charge in [0.25, 0.3) is 0 Å². The molecule has 1 nitrogen and oxygen atoms in total. The quantitative estimate of drug-likeness (QED) is 0.550. The molecule has 0 aliphatic heterocycles. The van der Waals surface area contributed by atoms with Crippen LogP contribution < -0.4 is 0 Å². The second-order valence-corrected chi connectivity index (χ2v) is 7.26. The van der Waals surface area contributed by atoms with E-state index in [9.17, 15) is 0 Å². The molecule has 0 radical (unpaired) electrons. The van der Waals surface area contributed by atoms with Gasteiger partial charge in [-0.05, 0) is 54.5 Å². The molecule has 0 saturated heterocycles. The Bertz CT molecular complexity index is 838. The van der Waals surface area contributed by atoms with Gasteiger partial charge >= 0.3 is 0 Å². The van der Waals surface area contributed by atoms with Crippen molar-refractivity contribution in [2.45, 2.75) is 40.0 Å². The van der Waals surface area contributed by atoms with E-state index in [1.54, 1.807) is 0 Å². The lowest BCUT2D eigenvalue weighted by Gasteiger charge is -2.20. The van der Waals surface area contributed by atoms with Gasteiger partial charge in [-0.2, -0.15) is 0 Å². The molecule has 0 unspecified atom stereocenters. The number of benzene rings is 2. The molecule has 1 aromatic heterocycles. The lowest BCUT2D eigenvalue weighted by molar-refractivity contribution is 0.590. The summed E-state index contributed by atoms with van der Waals surface area (Å²) >= 11 is 0. The Morgan fingerprint density at radius 1 is 0.773 bits per heavy atom. The minimum atomic E-state index is 0.148. The highest BCUT2D eigenvalue weighted by molar-refractivity contribution is 5.85. The number of pyridine rings is 1. The van der Waals surface area contributed by atoms with E-state index in [0.29, 0.717) is 0 Å². The second-order valence-electron chi connectivity index (χ2n) is 7.26. The molecule has 0 amide bonds. The van der Waals surface area contributed by atoms with Gasteiger partial charge in [0.1, 0.15) is 0 Å². The van der Waals surface area contributed by atoms with Gasteiger partial charge in [0.15, 0.2) is 0 Å². The summed E-state index contributed by atoms with van der Waals surface area (Å²) in [5, 5.41) is 2.45. The van der Waals surface area contributed by atoms with Crippen LogP contribution in [0.5, 0.6) is 0 Å². The maximum absolute atomic E-state index is 4.68. The molecule has 3 aromatic rings. The summed E-state index contributed by atoms with van der Waals surface area (Å²) in [4.78, 5) is 4.68. The van der Waals surface area contributed by atoms with Crippen molar-refractivity contribution < 1.29 is 0 Å². The topological polar surface area (TPSA) is 12.9 Å². The van der Waals surface area contributed by atoms with Crippen molar-refractivity contribution in [2.24, 2.45) is 0 Å². The van der Waals surface area contributed by atoms with Crippen LogP contribution in [0, 0.1) is 13.8 Å². The van der Waals surface area contributed by atoms with Crippen molar-refractivity contribution in [1.29, 1.82) is 0 Å². The van der Waals surface area contributed by atoms with E-state index in [-0.39, 0.29) is 5.41 Å². The Kier molecular flexibility index (Phi) is 3.52. The molecule has 0 spiro atoms. The van der Waals surface area contributed by atoms with Crippen LogP contribution >= 0.6 is 0 Å². The van der Waals surface area contributed by atoms with Gasteiger partial charge in [0.2, 0.25) is 0 Å². The molecule has 0 aliphatic carbocycles. The molecule has 0 aliphatic rings. The molecule has 0 saturated carbocycles. The Balaban J connectivity index is 2.15. The van der Waals surface area contributed by atoms with Gasteiger partial charge in [-0.3, -0.25) is 4.98 Å². The van der Waals surface area contributed by atoms with Crippen molar-refractivity contribution >= 4 is 10.8 Å². The summed E-state index contributed by atoms with van der Waals surface area (Å²) in [6.07, 6.45) is 1.98. The third-order valence-electron chi connectivity index (χ3n) is 4.12. The van der Waals surface area contributed by atoms with Crippen molar-refractivity contribution in [1.82, 2.24) is 4.98 Å². The van der Waals surface area contributed by atoms with Crippen molar-refractivity contribution in [3.05, 3.63) is 65.4 Å². The fourth-order valence-corrected chi connectivity index (χ4v) is 2.78. The highest BCUT2D eigenvalue weighted by Crippen LogP contribution is 2.29. The zero-order valence-electron chi connectivity index (χ0n) is 14.1. The Morgan fingerprint density at radius 2 is 1.55 bits per heavy atom. The van der Waals surface area contributed by atoms with Gasteiger partial charge in [-0.25, -0.2) is 0 Å². The number of hydrogen-bond acceptors (Lipinski definition) is 1. The lowest BCUT2D eigenvalue weighted by Crippen LogP contribution is -2.11. The normalized spacial score (nSPS) is 11.9. The monoisotopic (exact) mass is 289 g/mol. The zero-order chi connectivity index (χ0) is 15.9. The molecule has 22 heavy (non-hydrogen) atoms. The fraction of sp³-hybridized carbons (Fsp3) is 0.286. The first-order valence-corrected chi connectivity index (χ1v) is 7.82. The largest absolute Gasteiger partial charge is 0.256 e. The van der Waals surface area contributed by atoms with E-state index in [4.69, 9.17) is 0 Å². The number of fused-ring (bicyclic) bond motifs is 1. The average molecular weight is 289 g/mol. The highest BCUT2D eigenvalue weighted by Gasteiger charge is 2.15. The third kappa shape index (κ3) is 2.89. The van der Waals surface area contributed by atoms with E-state index >= 15 is 0 Å². The lowest BCUT2D eigenvalue weighted by atomic mass is 9.85. The first kappa shape index (κ1) is 14.8. The van der Waals surface area contributed by atoms with Gasteiger partial charge in [0, 0.05) is 17.1 Å². The van der Waals surface area contributed by atoms with Crippen molar-refractivity contribution in [3.63, 3.8) is 0 Å². The maximum atomic E-state index is 4.68. The molecule has 0 bridgehead atoms. The van der Waals surface area contributed by atoms with Crippen molar-refractivity contribution in [3.8, 4) is 11.3 Å². The van der Waals surface area contributed by atoms with Crippen LogP contribution in [-0.2, 0) is 5.41 Å². The van der Waals surface area contributed by atoms with E-state index < -0.39 is 0 Å². The smallest absolute Gasteiger partial charge is 0.0708 e. The van der Waals surface area contributed by atoms with Gasteiger partial charge in [-0.15, -0.1) is 0 Å². The first-order valence-electron chi connectivity index (χ1n) is 7.82. The number of hydrogen-bond donors (Lipinski definition) is 0. The van der Waals surface area contributed by atoms with E-state index in [1.807, 2.05) is 6.20 Å². The number of aromatic nitrogens is 1. The van der Waals surface area contributed by atoms with E-state index in [1.165, 1.54) is 33.0 Å². The summed E-state index contributed by atoms with van der Waals surface area (Å²) in [6.45, 7) is 11.0. The standard InChI is InChI=1S/C21H23N/c1-14-6-7-16-12-20(22-13-18(16)8-14)17-9-15(2)10-19(11-17)21(3,4)5/h6-13H,1-5H3. The summed E-state index contributed by atoms with van der Waals surface area (Å²) in [5.41, 5.74) is 6.31. The summed E-state index contributed by atoms with van der Waals surface area (Å²) in [7, 11) is 0. The molecule has 2 aromatic carbocycles. The first-order chi connectivity index (χ1) is 10.3. The van der Waals surface area contributed by atoms with Gasteiger partial charge in [-0.1, -0.05) is 50.1 Å². The molecule has 1 heteroatoms. The van der Waals surface area contributed by atoms with Crippen molar-refractivity contribution in [2.75, 3.05) is 0 Å². The summed E-state index contributed by atoms with van der Waals surface area (Å²) in [6, 6.07) is 15.5.